The highest BCUT2D eigenvalue weighted by atomic mass is 16.2. The van der Waals surface area contributed by atoms with Crippen LogP contribution in [0.15, 0.2) is 18.5 Å². The summed E-state index contributed by atoms with van der Waals surface area (Å²) in [7, 11) is 1.93. The fourth-order valence-electron chi connectivity index (χ4n) is 3.19. The molecule has 2 aliphatic heterocycles. The standard InChI is InChI=1S/C13H20N4O/c1-16(13(18)9-17-6-2-5-14-17)12-7-10-3-4-11(8-12)15-10/h2,5-6,10-12,15H,3-4,7-9H2,1H3. The van der Waals surface area contributed by atoms with Crippen LogP contribution in [0.3, 0.4) is 0 Å². The molecule has 1 amide bonds. The summed E-state index contributed by atoms with van der Waals surface area (Å²) in [6.45, 7) is 0.350. The van der Waals surface area contributed by atoms with E-state index in [9.17, 15) is 4.79 Å². The van der Waals surface area contributed by atoms with E-state index in [0.29, 0.717) is 24.7 Å². The molecule has 2 atom stereocenters. The van der Waals surface area contributed by atoms with E-state index in [1.54, 1.807) is 10.9 Å². The number of piperidine rings is 1. The van der Waals surface area contributed by atoms with Crippen LogP contribution in [0.25, 0.3) is 0 Å². The number of carbonyl (C=O) groups is 1. The summed E-state index contributed by atoms with van der Waals surface area (Å²) in [6.07, 6.45) is 8.26. The predicted octanol–water partition coefficient (Wildman–Crippen LogP) is 0.624. The highest BCUT2D eigenvalue weighted by Crippen LogP contribution is 2.29. The lowest BCUT2D eigenvalue weighted by molar-refractivity contribution is -0.133. The maximum atomic E-state index is 12.2. The van der Waals surface area contributed by atoms with Crippen LogP contribution in [0.2, 0.25) is 0 Å². The molecular formula is C13H20N4O. The zero-order valence-corrected chi connectivity index (χ0v) is 10.7. The maximum Gasteiger partial charge on any atom is 0.244 e. The first-order chi connectivity index (χ1) is 8.72. The Morgan fingerprint density at radius 3 is 2.78 bits per heavy atom. The van der Waals surface area contributed by atoms with Crippen LogP contribution in [-0.4, -0.2) is 45.8 Å². The fraction of sp³-hybridized carbons (Fsp3) is 0.692. The average Bonchev–Trinajstić information content (AvgIpc) is 2.98. The van der Waals surface area contributed by atoms with Crippen LogP contribution in [0.4, 0.5) is 0 Å². The lowest BCUT2D eigenvalue weighted by atomic mass is 9.98. The first kappa shape index (κ1) is 11.7. The first-order valence-corrected chi connectivity index (χ1v) is 6.71. The Kier molecular flexibility index (Phi) is 3.07. The molecule has 2 unspecified atom stereocenters. The Morgan fingerprint density at radius 2 is 2.17 bits per heavy atom. The molecule has 3 rings (SSSR count). The van der Waals surface area contributed by atoms with Gasteiger partial charge in [-0.1, -0.05) is 0 Å². The van der Waals surface area contributed by atoms with Gasteiger partial charge in [-0.25, -0.2) is 0 Å². The molecular weight excluding hydrogens is 228 g/mol. The fourth-order valence-corrected chi connectivity index (χ4v) is 3.19. The van der Waals surface area contributed by atoms with Crippen molar-refractivity contribution in [2.75, 3.05) is 7.05 Å². The van der Waals surface area contributed by atoms with Crippen molar-refractivity contribution in [1.29, 1.82) is 0 Å². The van der Waals surface area contributed by atoms with Gasteiger partial charge >= 0.3 is 0 Å². The molecule has 2 bridgehead atoms. The van der Waals surface area contributed by atoms with Crippen molar-refractivity contribution in [3.63, 3.8) is 0 Å². The van der Waals surface area contributed by atoms with Gasteiger partial charge in [0.25, 0.3) is 0 Å². The number of hydrogen-bond donors (Lipinski definition) is 1. The number of amides is 1. The third kappa shape index (κ3) is 2.27. The predicted molar refractivity (Wildman–Crippen MR) is 68.0 cm³/mol. The minimum Gasteiger partial charge on any atom is -0.341 e. The SMILES string of the molecule is CN(C(=O)Cn1cccn1)C1CC2CCC(C1)N2. The van der Waals surface area contributed by atoms with Crippen LogP contribution in [0, 0.1) is 0 Å². The number of hydrogen-bond acceptors (Lipinski definition) is 3. The number of likely N-dealkylation sites (N-methyl/N-ethyl adjacent to an activating group) is 1. The second-order valence-electron chi connectivity index (χ2n) is 5.47. The molecule has 2 saturated heterocycles. The van der Waals surface area contributed by atoms with Crippen LogP contribution in [0.1, 0.15) is 25.7 Å². The third-order valence-corrected chi connectivity index (χ3v) is 4.25. The molecule has 2 aliphatic rings. The van der Waals surface area contributed by atoms with E-state index < -0.39 is 0 Å². The second kappa shape index (κ2) is 4.72. The zero-order chi connectivity index (χ0) is 12.5. The van der Waals surface area contributed by atoms with Gasteiger partial charge in [0, 0.05) is 37.6 Å². The quantitative estimate of drug-likeness (QED) is 0.853. The third-order valence-electron chi connectivity index (χ3n) is 4.25. The summed E-state index contributed by atoms with van der Waals surface area (Å²) in [5.74, 6) is 0.157. The highest BCUT2D eigenvalue weighted by molar-refractivity contribution is 5.76. The Morgan fingerprint density at radius 1 is 1.44 bits per heavy atom. The summed E-state index contributed by atoms with van der Waals surface area (Å²) >= 11 is 0. The number of carbonyl (C=O) groups excluding carboxylic acids is 1. The average molecular weight is 248 g/mol. The first-order valence-electron chi connectivity index (χ1n) is 6.71. The molecule has 5 heteroatoms. The number of rotatable bonds is 3. The van der Waals surface area contributed by atoms with Crippen molar-refractivity contribution in [2.45, 2.75) is 50.4 Å². The van der Waals surface area contributed by atoms with Gasteiger partial charge in [0.05, 0.1) is 0 Å². The Bertz CT molecular complexity index is 405. The van der Waals surface area contributed by atoms with Crippen LogP contribution in [0.5, 0.6) is 0 Å². The van der Waals surface area contributed by atoms with E-state index in [0.717, 1.165) is 12.8 Å². The molecule has 0 spiro atoms. The molecule has 0 aliphatic carbocycles. The molecule has 2 fully saturated rings. The zero-order valence-electron chi connectivity index (χ0n) is 10.7. The lowest BCUT2D eigenvalue weighted by Crippen LogP contribution is -2.49. The Balaban J connectivity index is 1.60. The van der Waals surface area contributed by atoms with E-state index in [1.807, 2.05) is 24.2 Å². The number of nitrogens with zero attached hydrogens (tertiary/aromatic N) is 3. The molecule has 98 valence electrons. The lowest BCUT2D eigenvalue weighted by Gasteiger charge is -2.35. The smallest absolute Gasteiger partial charge is 0.244 e. The van der Waals surface area contributed by atoms with E-state index >= 15 is 0 Å². The Labute approximate surface area is 107 Å². The summed E-state index contributed by atoms with van der Waals surface area (Å²) in [5, 5.41) is 7.69. The molecule has 0 aromatic carbocycles. The monoisotopic (exact) mass is 248 g/mol. The molecule has 5 nitrogen and oxygen atoms in total. The molecule has 0 saturated carbocycles. The van der Waals surface area contributed by atoms with Gasteiger partial charge in [0.2, 0.25) is 5.91 Å². The highest BCUT2D eigenvalue weighted by Gasteiger charge is 2.36. The Hall–Kier alpha value is -1.36. The minimum absolute atomic E-state index is 0.157. The van der Waals surface area contributed by atoms with Crippen molar-refractivity contribution in [1.82, 2.24) is 20.0 Å². The number of aromatic nitrogens is 2. The number of nitrogens with one attached hydrogen (secondary N) is 1. The van der Waals surface area contributed by atoms with Gasteiger partial charge in [-0.3, -0.25) is 9.48 Å². The van der Waals surface area contributed by atoms with Crippen molar-refractivity contribution in [3.05, 3.63) is 18.5 Å². The van der Waals surface area contributed by atoms with Crippen molar-refractivity contribution in [3.8, 4) is 0 Å². The molecule has 3 heterocycles. The van der Waals surface area contributed by atoms with Crippen molar-refractivity contribution >= 4 is 5.91 Å². The second-order valence-corrected chi connectivity index (χ2v) is 5.47. The summed E-state index contributed by atoms with van der Waals surface area (Å²) in [6, 6.07) is 3.48. The molecule has 1 aromatic heterocycles. The van der Waals surface area contributed by atoms with Crippen molar-refractivity contribution < 1.29 is 4.79 Å². The molecule has 18 heavy (non-hydrogen) atoms. The van der Waals surface area contributed by atoms with Crippen LogP contribution >= 0.6 is 0 Å². The van der Waals surface area contributed by atoms with E-state index in [2.05, 4.69) is 10.4 Å². The molecule has 1 N–H and O–H groups in total. The van der Waals surface area contributed by atoms with E-state index in [4.69, 9.17) is 0 Å². The van der Waals surface area contributed by atoms with Crippen LogP contribution in [-0.2, 0) is 11.3 Å². The maximum absolute atomic E-state index is 12.2. The van der Waals surface area contributed by atoms with Crippen LogP contribution < -0.4 is 5.32 Å². The normalized spacial score (nSPS) is 30.4. The summed E-state index contributed by atoms with van der Waals surface area (Å²) in [5.41, 5.74) is 0. The number of fused-ring (bicyclic) bond motifs is 2. The molecule has 1 aromatic rings. The van der Waals surface area contributed by atoms with E-state index in [1.165, 1.54) is 12.8 Å². The molecule has 0 radical (unpaired) electrons. The largest absolute Gasteiger partial charge is 0.341 e. The van der Waals surface area contributed by atoms with Gasteiger partial charge in [-0.2, -0.15) is 5.10 Å². The van der Waals surface area contributed by atoms with Gasteiger partial charge < -0.3 is 10.2 Å². The van der Waals surface area contributed by atoms with Gasteiger partial charge in [0.15, 0.2) is 0 Å². The summed E-state index contributed by atoms with van der Waals surface area (Å²) < 4.78 is 1.69. The van der Waals surface area contributed by atoms with E-state index in [-0.39, 0.29) is 5.91 Å². The minimum atomic E-state index is 0.157. The van der Waals surface area contributed by atoms with Gasteiger partial charge in [-0.05, 0) is 31.7 Å². The van der Waals surface area contributed by atoms with Gasteiger partial charge in [-0.15, -0.1) is 0 Å². The topological polar surface area (TPSA) is 50.2 Å². The van der Waals surface area contributed by atoms with Gasteiger partial charge in [0.1, 0.15) is 6.54 Å². The van der Waals surface area contributed by atoms with Crippen molar-refractivity contribution in [2.24, 2.45) is 0 Å². The summed E-state index contributed by atoms with van der Waals surface area (Å²) in [4.78, 5) is 14.1.